The van der Waals surface area contributed by atoms with Crippen LogP contribution in [0.5, 0.6) is 5.75 Å². The monoisotopic (exact) mass is 300 g/mol. The van der Waals surface area contributed by atoms with E-state index in [-0.39, 0.29) is 0 Å². The van der Waals surface area contributed by atoms with Crippen LogP contribution in [0.15, 0.2) is 78.9 Å². The van der Waals surface area contributed by atoms with Gasteiger partial charge in [0.25, 0.3) is 0 Å². The maximum absolute atomic E-state index is 5.98. The fourth-order valence-electron chi connectivity index (χ4n) is 2.44. The molecule has 0 atom stereocenters. The van der Waals surface area contributed by atoms with Crippen molar-refractivity contribution >= 4 is 12.2 Å². The van der Waals surface area contributed by atoms with Crippen molar-refractivity contribution in [2.24, 2.45) is 0 Å². The average Bonchev–Trinajstić information content (AvgIpc) is 2.60. The Morgan fingerprint density at radius 1 is 0.783 bits per heavy atom. The maximum atomic E-state index is 5.98. The standard InChI is InChI=1S/C22H20O/c1-18-8-7-11-19(16-18)14-15-21-12-5-6-13-22(21)23-17-20-9-3-2-4-10-20/h2-16H,17H2,1H3/b15-14+. The third kappa shape index (κ3) is 4.33. The Hall–Kier alpha value is -2.80. The highest BCUT2D eigenvalue weighted by Crippen LogP contribution is 2.22. The van der Waals surface area contributed by atoms with Gasteiger partial charge in [-0.1, -0.05) is 90.5 Å². The summed E-state index contributed by atoms with van der Waals surface area (Å²) < 4.78 is 5.98. The van der Waals surface area contributed by atoms with E-state index < -0.39 is 0 Å². The van der Waals surface area contributed by atoms with Gasteiger partial charge in [0.1, 0.15) is 12.4 Å². The summed E-state index contributed by atoms with van der Waals surface area (Å²) in [5.41, 5.74) is 4.72. The number of aryl methyl sites for hydroxylation is 1. The average molecular weight is 300 g/mol. The molecule has 0 aliphatic heterocycles. The van der Waals surface area contributed by atoms with Crippen molar-refractivity contribution in [1.82, 2.24) is 0 Å². The van der Waals surface area contributed by atoms with Crippen molar-refractivity contribution < 1.29 is 4.74 Å². The second kappa shape index (κ2) is 7.46. The molecule has 0 aliphatic carbocycles. The third-order valence-electron chi connectivity index (χ3n) is 3.65. The summed E-state index contributed by atoms with van der Waals surface area (Å²) in [6, 6.07) is 26.8. The topological polar surface area (TPSA) is 9.23 Å². The maximum Gasteiger partial charge on any atom is 0.127 e. The van der Waals surface area contributed by atoms with Gasteiger partial charge in [-0.15, -0.1) is 0 Å². The first-order chi connectivity index (χ1) is 11.3. The fraction of sp³-hybridized carbons (Fsp3) is 0.0909. The molecule has 0 radical (unpaired) electrons. The highest BCUT2D eigenvalue weighted by atomic mass is 16.5. The molecule has 3 aromatic rings. The molecule has 0 aromatic heterocycles. The highest BCUT2D eigenvalue weighted by Gasteiger charge is 2.00. The Morgan fingerprint density at radius 3 is 2.39 bits per heavy atom. The fourth-order valence-corrected chi connectivity index (χ4v) is 2.44. The minimum Gasteiger partial charge on any atom is -0.488 e. The Bertz CT molecular complexity index is 788. The van der Waals surface area contributed by atoms with Crippen molar-refractivity contribution in [3.05, 3.63) is 101 Å². The molecule has 0 fully saturated rings. The Kier molecular flexibility index (Phi) is 4.90. The largest absolute Gasteiger partial charge is 0.488 e. The SMILES string of the molecule is Cc1cccc(/C=C/c2ccccc2OCc2ccccc2)c1. The van der Waals surface area contributed by atoms with E-state index in [0.717, 1.165) is 11.3 Å². The molecule has 0 amide bonds. The summed E-state index contributed by atoms with van der Waals surface area (Å²) in [5.74, 6) is 0.903. The van der Waals surface area contributed by atoms with Crippen LogP contribution in [-0.4, -0.2) is 0 Å². The molecule has 0 spiro atoms. The molecule has 3 rings (SSSR count). The molecule has 0 unspecified atom stereocenters. The normalized spacial score (nSPS) is 10.8. The van der Waals surface area contributed by atoms with Crippen LogP contribution in [-0.2, 0) is 6.61 Å². The van der Waals surface area contributed by atoms with Crippen LogP contribution in [0, 0.1) is 6.92 Å². The molecule has 0 heterocycles. The lowest BCUT2D eigenvalue weighted by Gasteiger charge is -2.09. The van der Waals surface area contributed by atoms with Gasteiger partial charge in [0.15, 0.2) is 0 Å². The van der Waals surface area contributed by atoms with E-state index in [1.54, 1.807) is 0 Å². The minimum absolute atomic E-state index is 0.580. The molecule has 0 saturated heterocycles. The first-order valence-electron chi connectivity index (χ1n) is 7.82. The van der Waals surface area contributed by atoms with Gasteiger partial charge in [-0.25, -0.2) is 0 Å². The van der Waals surface area contributed by atoms with E-state index in [1.807, 2.05) is 36.4 Å². The van der Waals surface area contributed by atoms with E-state index in [4.69, 9.17) is 4.74 Å². The van der Waals surface area contributed by atoms with E-state index in [0.29, 0.717) is 6.61 Å². The zero-order chi connectivity index (χ0) is 15.9. The zero-order valence-corrected chi connectivity index (χ0v) is 13.3. The zero-order valence-electron chi connectivity index (χ0n) is 13.3. The molecule has 1 nitrogen and oxygen atoms in total. The van der Waals surface area contributed by atoms with Crippen molar-refractivity contribution in [2.75, 3.05) is 0 Å². The van der Waals surface area contributed by atoms with Crippen molar-refractivity contribution in [1.29, 1.82) is 0 Å². The van der Waals surface area contributed by atoms with Gasteiger partial charge in [-0.2, -0.15) is 0 Å². The lowest BCUT2D eigenvalue weighted by molar-refractivity contribution is 0.305. The number of benzene rings is 3. The van der Waals surface area contributed by atoms with E-state index in [9.17, 15) is 0 Å². The van der Waals surface area contributed by atoms with Crippen molar-refractivity contribution in [2.45, 2.75) is 13.5 Å². The molecule has 0 aliphatic rings. The molecule has 3 aromatic carbocycles. The van der Waals surface area contributed by atoms with Crippen LogP contribution in [0.1, 0.15) is 22.3 Å². The summed E-state index contributed by atoms with van der Waals surface area (Å²) >= 11 is 0. The highest BCUT2D eigenvalue weighted by molar-refractivity contribution is 5.72. The molecular weight excluding hydrogens is 280 g/mol. The number of rotatable bonds is 5. The molecule has 114 valence electrons. The molecule has 0 bridgehead atoms. The summed E-state index contributed by atoms with van der Waals surface area (Å²) in [4.78, 5) is 0. The first kappa shape index (κ1) is 15.1. The predicted molar refractivity (Wildman–Crippen MR) is 97.3 cm³/mol. The Labute approximate surface area is 137 Å². The van der Waals surface area contributed by atoms with Crippen LogP contribution < -0.4 is 4.74 Å². The van der Waals surface area contributed by atoms with Crippen molar-refractivity contribution in [3.63, 3.8) is 0 Å². The van der Waals surface area contributed by atoms with E-state index in [1.165, 1.54) is 16.7 Å². The summed E-state index contributed by atoms with van der Waals surface area (Å²) in [7, 11) is 0. The lowest BCUT2D eigenvalue weighted by Crippen LogP contribution is -1.96. The summed E-state index contributed by atoms with van der Waals surface area (Å²) in [6.07, 6.45) is 4.23. The van der Waals surface area contributed by atoms with Crippen LogP contribution in [0.3, 0.4) is 0 Å². The number of hydrogen-bond acceptors (Lipinski definition) is 1. The molecule has 1 heteroatoms. The van der Waals surface area contributed by atoms with Crippen LogP contribution in [0.25, 0.3) is 12.2 Å². The second-order valence-electron chi connectivity index (χ2n) is 5.56. The lowest BCUT2D eigenvalue weighted by atomic mass is 10.1. The Morgan fingerprint density at radius 2 is 1.57 bits per heavy atom. The van der Waals surface area contributed by atoms with Crippen LogP contribution >= 0.6 is 0 Å². The first-order valence-corrected chi connectivity index (χ1v) is 7.82. The van der Waals surface area contributed by atoms with Gasteiger partial charge < -0.3 is 4.74 Å². The quantitative estimate of drug-likeness (QED) is 0.546. The van der Waals surface area contributed by atoms with E-state index in [2.05, 4.69) is 61.5 Å². The molecule has 0 saturated carbocycles. The third-order valence-corrected chi connectivity index (χ3v) is 3.65. The van der Waals surface area contributed by atoms with Gasteiger partial charge in [-0.05, 0) is 24.1 Å². The Balaban J connectivity index is 1.75. The van der Waals surface area contributed by atoms with Gasteiger partial charge in [0, 0.05) is 5.56 Å². The summed E-state index contributed by atoms with van der Waals surface area (Å²) in [6.45, 7) is 2.68. The van der Waals surface area contributed by atoms with Gasteiger partial charge in [-0.3, -0.25) is 0 Å². The molecule has 23 heavy (non-hydrogen) atoms. The smallest absolute Gasteiger partial charge is 0.127 e. The number of para-hydroxylation sites is 1. The molecular formula is C22H20O. The number of ether oxygens (including phenoxy) is 1. The number of hydrogen-bond donors (Lipinski definition) is 0. The van der Waals surface area contributed by atoms with Gasteiger partial charge in [0.05, 0.1) is 0 Å². The van der Waals surface area contributed by atoms with Crippen LogP contribution in [0.4, 0.5) is 0 Å². The van der Waals surface area contributed by atoms with Crippen LogP contribution in [0.2, 0.25) is 0 Å². The predicted octanol–water partition coefficient (Wildman–Crippen LogP) is 5.74. The summed E-state index contributed by atoms with van der Waals surface area (Å²) in [5, 5.41) is 0. The van der Waals surface area contributed by atoms with E-state index >= 15 is 0 Å². The van der Waals surface area contributed by atoms with Gasteiger partial charge in [0.2, 0.25) is 0 Å². The molecule has 0 N–H and O–H groups in total. The second-order valence-corrected chi connectivity index (χ2v) is 5.56. The van der Waals surface area contributed by atoms with Crippen molar-refractivity contribution in [3.8, 4) is 5.75 Å². The van der Waals surface area contributed by atoms with Gasteiger partial charge >= 0.3 is 0 Å². The minimum atomic E-state index is 0.580.